The maximum absolute atomic E-state index is 6.28. The first-order valence-corrected chi connectivity index (χ1v) is 9.10. The van der Waals surface area contributed by atoms with E-state index >= 15 is 0 Å². The predicted octanol–water partition coefficient (Wildman–Crippen LogP) is 3.27. The average molecular weight is 380 g/mol. The first-order valence-electron chi connectivity index (χ1n) is 9.10. The van der Waals surface area contributed by atoms with Gasteiger partial charge in [0.05, 0.1) is 24.4 Å². The lowest BCUT2D eigenvalue weighted by molar-refractivity contribution is 0.00578. The molecule has 1 aromatic rings. The van der Waals surface area contributed by atoms with Crippen LogP contribution in [0.3, 0.4) is 0 Å². The molecule has 2 heterocycles. The van der Waals surface area contributed by atoms with Crippen LogP contribution in [0, 0.1) is 0 Å². The van der Waals surface area contributed by atoms with Crippen LogP contribution >= 0.6 is 12.4 Å². The summed E-state index contributed by atoms with van der Waals surface area (Å²) in [6, 6.07) is 6.65. The Balaban J connectivity index is 0.00000243. The van der Waals surface area contributed by atoms with Gasteiger partial charge in [-0.05, 0) is 70.4 Å². The number of benzene rings is 1. The normalized spacial score (nSPS) is 21.5. The van der Waals surface area contributed by atoms with Crippen LogP contribution in [0.1, 0.15) is 45.2 Å². The summed E-state index contributed by atoms with van der Waals surface area (Å²) in [6.45, 7) is 10.8. The molecule has 0 N–H and O–H groups in total. The predicted molar refractivity (Wildman–Crippen MR) is 110 cm³/mol. The van der Waals surface area contributed by atoms with Gasteiger partial charge in [-0.25, -0.2) is 0 Å². The van der Waals surface area contributed by atoms with Gasteiger partial charge in [0.15, 0.2) is 0 Å². The third-order valence-electron chi connectivity index (χ3n) is 5.47. The van der Waals surface area contributed by atoms with Crippen LogP contribution in [0.25, 0.3) is 5.57 Å². The van der Waals surface area contributed by atoms with Crippen molar-refractivity contribution >= 4 is 30.6 Å². The number of nitrogens with zero attached hydrogens (tertiary/aromatic N) is 1. The van der Waals surface area contributed by atoms with E-state index in [0.717, 1.165) is 25.0 Å². The summed E-state index contributed by atoms with van der Waals surface area (Å²) in [5, 5.41) is 0. The van der Waals surface area contributed by atoms with Crippen LogP contribution in [0.4, 0.5) is 0 Å². The van der Waals surface area contributed by atoms with Crippen molar-refractivity contribution in [3.05, 3.63) is 35.4 Å². The van der Waals surface area contributed by atoms with Gasteiger partial charge in [-0.1, -0.05) is 24.3 Å². The Labute approximate surface area is 164 Å². The molecular weight excluding hydrogens is 348 g/mol. The van der Waals surface area contributed by atoms with Gasteiger partial charge in [0, 0.05) is 6.54 Å². The summed E-state index contributed by atoms with van der Waals surface area (Å²) in [7, 11) is 3.86. The van der Waals surface area contributed by atoms with Gasteiger partial charge in [0.1, 0.15) is 0 Å². The largest absolute Gasteiger partial charge is 0.495 e. The molecule has 0 unspecified atom stereocenters. The standard InChI is InChI=1S/C20H30BNO3.ClH/c1-19(2)20(3,4)25-21(24-19)18-8-7-16(13-17(18)14-22(5)6)15-9-11-23-12-10-15;/h7-9,13H,10-12,14H2,1-6H3;1H. The van der Waals surface area contributed by atoms with Crippen LogP contribution in [0.5, 0.6) is 0 Å². The molecule has 0 spiro atoms. The van der Waals surface area contributed by atoms with E-state index in [1.807, 2.05) is 0 Å². The van der Waals surface area contributed by atoms with E-state index in [4.69, 9.17) is 14.0 Å². The second-order valence-electron chi connectivity index (χ2n) is 8.29. The lowest BCUT2D eigenvalue weighted by Gasteiger charge is -2.32. The molecule has 4 nitrogen and oxygen atoms in total. The van der Waals surface area contributed by atoms with Crippen molar-refractivity contribution in [3.8, 4) is 0 Å². The van der Waals surface area contributed by atoms with Crippen LogP contribution in [0.15, 0.2) is 24.3 Å². The van der Waals surface area contributed by atoms with Gasteiger partial charge in [-0.2, -0.15) is 0 Å². The van der Waals surface area contributed by atoms with Gasteiger partial charge in [-0.15, -0.1) is 12.4 Å². The van der Waals surface area contributed by atoms with Gasteiger partial charge in [0.2, 0.25) is 0 Å². The van der Waals surface area contributed by atoms with Crippen molar-refractivity contribution in [2.75, 3.05) is 27.3 Å². The van der Waals surface area contributed by atoms with E-state index in [-0.39, 0.29) is 30.7 Å². The highest BCUT2D eigenvalue weighted by Crippen LogP contribution is 2.37. The summed E-state index contributed by atoms with van der Waals surface area (Å²) in [4.78, 5) is 2.19. The van der Waals surface area contributed by atoms with Crippen LogP contribution in [0.2, 0.25) is 0 Å². The molecule has 0 radical (unpaired) electrons. The van der Waals surface area contributed by atoms with E-state index < -0.39 is 0 Å². The van der Waals surface area contributed by atoms with Crippen molar-refractivity contribution in [1.29, 1.82) is 0 Å². The SMILES string of the molecule is CN(C)Cc1cc(C2=CCOCC2)ccc1B1OC(C)(C)C(C)(C)O1.Cl. The van der Waals surface area contributed by atoms with Crippen molar-refractivity contribution in [3.63, 3.8) is 0 Å². The van der Waals surface area contributed by atoms with Crippen molar-refractivity contribution in [2.45, 2.75) is 51.9 Å². The first kappa shape index (κ1) is 21.5. The summed E-state index contributed by atoms with van der Waals surface area (Å²) < 4.78 is 18.0. The molecule has 3 rings (SSSR count). The molecule has 2 aliphatic rings. The molecule has 1 aromatic carbocycles. The Bertz CT molecular complexity index is 657. The molecule has 144 valence electrons. The van der Waals surface area contributed by atoms with E-state index in [0.29, 0.717) is 6.61 Å². The van der Waals surface area contributed by atoms with Gasteiger partial charge in [-0.3, -0.25) is 0 Å². The number of halogens is 1. The minimum atomic E-state index is -0.324. The third kappa shape index (κ3) is 4.34. The lowest BCUT2D eigenvalue weighted by atomic mass is 9.75. The fraction of sp³-hybridized carbons (Fsp3) is 0.600. The van der Waals surface area contributed by atoms with E-state index in [1.165, 1.54) is 16.7 Å². The summed E-state index contributed by atoms with van der Waals surface area (Å²) in [5.74, 6) is 0. The molecule has 6 heteroatoms. The summed E-state index contributed by atoms with van der Waals surface area (Å²) in [5.41, 5.74) is 4.38. The number of ether oxygens (including phenoxy) is 1. The molecule has 2 aliphatic heterocycles. The molecule has 0 saturated carbocycles. The maximum atomic E-state index is 6.28. The molecule has 0 aliphatic carbocycles. The Kier molecular flexibility index (Phi) is 6.63. The minimum Gasteiger partial charge on any atom is -0.399 e. The Morgan fingerprint density at radius 1 is 1.08 bits per heavy atom. The highest BCUT2D eigenvalue weighted by Gasteiger charge is 2.52. The van der Waals surface area contributed by atoms with E-state index in [2.05, 4.69) is 71.0 Å². The Morgan fingerprint density at radius 3 is 2.27 bits per heavy atom. The fourth-order valence-corrected chi connectivity index (χ4v) is 3.27. The smallest absolute Gasteiger partial charge is 0.399 e. The van der Waals surface area contributed by atoms with Gasteiger partial charge >= 0.3 is 7.12 Å². The van der Waals surface area contributed by atoms with Crippen molar-refractivity contribution in [2.24, 2.45) is 0 Å². The highest BCUT2D eigenvalue weighted by atomic mass is 35.5. The molecule has 0 atom stereocenters. The van der Waals surface area contributed by atoms with Gasteiger partial charge < -0.3 is 18.9 Å². The van der Waals surface area contributed by atoms with E-state index in [1.54, 1.807) is 0 Å². The summed E-state index contributed by atoms with van der Waals surface area (Å²) >= 11 is 0. The molecule has 0 amide bonds. The van der Waals surface area contributed by atoms with Crippen LogP contribution in [-0.2, 0) is 20.6 Å². The fourth-order valence-electron chi connectivity index (χ4n) is 3.27. The number of rotatable bonds is 4. The van der Waals surface area contributed by atoms with Crippen LogP contribution < -0.4 is 5.46 Å². The Morgan fingerprint density at radius 2 is 1.73 bits per heavy atom. The molecule has 1 saturated heterocycles. The molecule has 1 fully saturated rings. The van der Waals surface area contributed by atoms with Crippen LogP contribution in [-0.4, -0.2) is 50.5 Å². The highest BCUT2D eigenvalue weighted by molar-refractivity contribution is 6.62. The minimum absolute atomic E-state index is 0. The first-order chi connectivity index (χ1) is 11.7. The second kappa shape index (κ2) is 8.03. The maximum Gasteiger partial charge on any atom is 0.495 e. The average Bonchev–Trinajstić information content (AvgIpc) is 2.75. The van der Waals surface area contributed by atoms with Crippen molar-refractivity contribution < 1.29 is 14.0 Å². The topological polar surface area (TPSA) is 30.9 Å². The quantitative estimate of drug-likeness (QED) is 0.751. The molecule has 0 bridgehead atoms. The summed E-state index contributed by atoms with van der Waals surface area (Å²) in [6.07, 6.45) is 3.16. The van der Waals surface area contributed by atoms with Crippen molar-refractivity contribution in [1.82, 2.24) is 4.90 Å². The second-order valence-corrected chi connectivity index (χ2v) is 8.29. The molecule has 0 aromatic heterocycles. The number of hydrogen-bond acceptors (Lipinski definition) is 4. The lowest BCUT2D eigenvalue weighted by Crippen LogP contribution is -2.41. The van der Waals surface area contributed by atoms with E-state index in [9.17, 15) is 0 Å². The third-order valence-corrected chi connectivity index (χ3v) is 5.47. The number of hydrogen-bond donors (Lipinski definition) is 0. The Hall–Kier alpha value is -0.845. The zero-order valence-electron chi connectivity index (χ0n) is 16.8. The molecular formula is C20H31BClNO3. The molecule has 26 heavy (non-hydrogen) atoms. The zero-order valence-corrected chi connectivity index (χ0v) is 17.6. The zero-order chi connectivity index (χ0) is 18.2. The van der Waals surface area contributed by atoms with Gasteiger partial charge in [0.25, 0.3) is 0 Å². The monoisotopic (exact) mass is 379 g/mol.